The van der Waals surface area contributed by atoms with E-state index in [1.165, 1.54) is 0 Å². The van der Waals surface area contributed by atoms with Gasteiger partial charge in [-0.25, -0.2) is 4.68 Å². The van der Waals surface area contributed by atoms with E-state index in [0.29, 0.717) is 11.3 Å². The van der Waals surface area contributed by atoms with E-state index in [1.54, 1.807) is 0 Å². The zero-order chi connectivity index (χ0) is 23.5. The number of benzene rings is 3. The topological polar surface area (TPSA) is 51.9 Å². The maximum absolute atomic E-state index is 13.6. The number of rotatable bonds is 6. The van der Waals surface area contributed by atoms with Crippen LogP contribution in [0.3, 0.4) is 0 Å². The average Bonchev–Trinajstić information content (AvgIpc) is 3.53. The molecule has 0 saturated carbocycles. The molecule has 0 aliphatic heterocycles. The van der Waals surface area contributed by atoms with Gasteiger partial charge in [-0.1, -0.05) is 60.7 Å². The van der Waals surface area contributed by atoms with E-state index in [2.05, 4.69) is 34.1 Å². The molecule has 1 unspecified atom stereocenters. The van der Waals surface area contributed by atoms with Gasteiger partial charge >= 0.3 is 0 Å². The smallest absolute Gasteiger partial charge is 0.255 e. The van der Waals surface area contributed by atoms with Crippen LogP contribution in [0.1, 0.15) is 34.6 Å². The van der Waals surface area contributed by atoms with Crippen LogP contribution in [0.25, 0.3) is 22.6 Å². The van der Waals surface area contributed by atoms with Crippen LogP contribution in [0.4, 0.5) is 0 Å². The van der Waals surface area contributed by atoms with Crippen molar-refractivity contribution in [1.29, 1.82) is 0 Å². The number of hydrogen-bond donors (Lipinski definition) is 1. The van der Waals surface area contributed by atoms with Crippen molar-refractivity contribution in [2.75, 3.05) is 0 Å². The second-order valence-electron chi connectivity index (χ2n) is 8.30. The summed E-state index contributed by atoms with van der Waals surface area (Å²) in [5.74, 6) is -0.138. The molecule has 34 heavy (non-hydrogen) atoms. The molecule has 0 radical (unpaired) electrons. The standard InChI is InChI=1S/C29H26N4O/c1-21(23-15-17-25(18-16-23)32-19-9-10-20-32)30-29(34)27-22(2)33(26-13-7-4-8-14-26)31-28(27)24-11-5-3-6-12-24/h3-21H,1-2H3,(H,30,34). The third-order valence-electron chi connectivity index (χ3n) is 6.03. The van der Waals surface area contributed by atoms with Crippen molar-refractivity contribution in [2.45, 2.75) is 19.9 Å². The maximum Gasteiger partial charge on any atom is 0.255 e. The van der Waals surface area contributed by atoms with Crippen molar-refractivity contribution < 1.29 is 4.79 Å². The van der Waals surface area contributed by atoms with E-state index >= 15 is 0 Å². The molecule has 1 amide bonds. The van der Waals surface area contributed by atoms with Gasteiger partial charge in [-0.2, -0.15) is 5.10 Å². The van der Waals surface area contributed by atoms with Gasteiger partial charge in [0.2, 0.25) is 0 Å². The molecular weight excluding hydrogens is 420 g/mol. The van der Waals surface area contributed by atoms with Crippen molar-refractivity contribution in [2.24, 2.45) is 0 Å². The number of carbonyl (C=O) groups excluding carboxylic acids is 1. The Hall–Kier alpha value is -4.38. The Labute approximate surface area is 199 Å². The van der Waals surface area contributed by atoms with Crippen LogP contribution in [0.5, 0.6) is 0 Å². The van der Waals surface area contributed by atoms with Crippen molar-refractivity contribution in [3.8, 4) is 22.6 Å². The largest absolute Gasteiger partial charge is 0.345 e. The first-order valence-corrected chi connectivity index (χ1v) is 11.4. The van der Waals surface area contributed by atoms with Crippen molar-refractivity contribution >= 4 is 5.91 Å². The summed E-state index contributed by atoms with van der Waals surface area (Å²) in [6, 6.07) is 31.8. The average molecular weight is 447 g/mol. The van der Waals surface area contributed by atoms with Crippen LogP contribution in [0.15, 0.2) is 109 Å². The molecule has 2 heterocycles. The summed E-state index contributed by atoms with van der Waals surface area (Å²) < 4.78 is 3.90. The molecule has 0 spiro atoms. The SMILES string of the molecule is Cc1c(C(=O)NC(C)c2ccc(-n3cccc3)cc2)c(-c2ccccc2)nn1-c1ccccc1. The fourth-order valence-corrected chi connectivity index (χ4v) is 4.19. The van der Waals surface area contributed by atoms with E-state index in [0.717, 1.165) is 28.2 Å². The third-order valence-corrected chi connectivity index (χ3v) is 6.03. The highest BCUT2D eigenvalue weighted by molar-refractivity contribution is 6.01. The zero-order valence-corrected chi connectivity index (χ0v) is 19.2. The van der Waals surface area contributed by atoms with Crippen LogP contribution in [0.2, 0.25) is 0 Å². The Morgan fingerprint density at radius 3 is 2.06 bits per heavy atom. The van der Waals surface area contributed by atoms with Gasteiger partial charge in [0, 0.05) is 23.6 Å². The Morgan fingerprint density at radius 2 is 1.41 bits per heavy atom. The summed E-state index contributed by atoms with van der Waals surface area (Å²) in [5.41, 5.74) is 6.02. The van der Waals surface area contributed by atoms with Crippen LogP contribution >= 0.6 is 0 Å². The van der Waals surface area contributed by atoms with E-state index in [4.69, 9.17) is 5.10 Å². The van der Waals surface area contributed by atoms with Gasteiger partial charge in [0.15, 0.2) is 0 Å². The number of aromatic nitrogens is 3. The van der Waals surface area contributed by atoms with Crippen LogP contribution in [-0.4, -0.2) is 20.3 Å². The van der Waals surface area contributed by atoms with Gasteiger partial charge in [-0.15, -0.1) is 0 Å². The Balaban J connectivity index is 1.46. The highest BCUT2D eigenvalue weighted by Gasteiger charge is 2.24. The summed E-state index contributed by atoms with van der Waals surface area (Å²) in [4.78, 5) is 13.6. The number of nitrogens with one attached hydrogen (secondary N) is 1. The Bertz CT molecular complexity index is 1390. The number of nitrogens with zero attached hydrogens (tertiary/aromatic N) is 3. The molecule has 3 aromatic carbocycles. The van der Waals surface area contributed by atoms with Crippen molar-refractivity contribution in [1.82, 2.24) is 19.7 Å². The van der Waals surface area contributed by atoms with Gasteiger partial charge in [-0.3, -0.25) is 4.79 Å². The Morgan fingerprint density at radius 1 is 0.794 bits per heavy atom. The molecule has 0 aliphatic carbocycles. The normalized spacial score (nSPS) is 11.8. The van der Waals surface area contributed by atoms with E-state index < -0.39 is 0 Å². The van der Waals surface area contributed by atoms with Gasteiger partial charge in [0.05, 0.1) is 23.0 Å². The molecule has 5 nitrogen and oxygen atoms in total. The van der Waals surface area contributed by atoms with E-state index in [1.807, 2.05) is 104 Å². The molecule has 5 aromatic rings. The summed E-state index contributed by atoms with van der Waals surface area (Å²) in [5, 5.41) is 8.03. The predicted octanol–water partition coefficient (Wildman–Crippen LogP) is 6.13. The fraction of sp³-hybridized carbons (Fsp3) is 0.103. The lowest BCUT2D eigenvalue weighted by Gasteiger charge is -2.16. The molecule has 168 valence electrons. The van der Waals surface area contributed by atoms with Crippen LogP contribution < -0.4 is 5.32 Å². The molecule has 0 fully saturated rings. The van der Waals surface area contributed by atoms with Gasteiger partial charge in [0.25, 0.3) is 5.91 Å². The Kier molecular flexibility index (Phi) is 5.83. The first-order valence-electron chi connectivity index (χ1n) is 11.4. The predicted molar refractivity (Wildman–Crippen MR) is 135 cm³/mol. The third kappa shape index (κ3) is 4.16. The summed E-state index contributed by atoms with van der Waals surface area (Å²) in [6.07, 6.45) is 4.02. The lowest BCUT2D eigenvalue weighted by Crippen LogP contribution is -2.27. The summed E-state index contributed by atoms with van der Waals surface area (Å²) in [6.45, 7) is 3.94. The second-order valence-corrected chi connectivity index (χ2v) is 8.30. The molecule has 5 rings (SSSR count). The molecule has 0 aliphatic rings. The molecule has 5 heteroatoms. The summed E-state index contributed by atoms with van der Waals surface area (Å²) >= 11 is 0. The number of carbonyl (C=O) groups is 1. The minimum atomic E-state index is -0.158. The van der Waals surface area contributed by atoms with Crippen LogP contribution in [0, 0.1) is 6.92 Å². The highest BCUT2D eigenvalue weighted by atomic mass is 16.1. The number of amides is 1. The molecule has 2 aromatic heterocycles. The quantitative estimate of drug-likeness (QED) is 0.341. The lowest BCUT2D eigenvalue weighted by atomic mass is 10.0. The van der Waals surface area contributed by atoms with E-state index in [-0.39, 0.29) is 11.9 Å². The second kappa shape index (κ2) is 9.24. The van der Waals surface area contributed by atoms with E-state index in [9.17, 15) is 4.79 Å². The van der Waals surface area contributed by atoms with Gasteiger partial charge in [0.1, 0.15) is 5.69 Å². The first kappa shape index (κ1) is 21.5. The fourth-order valence-electron chi connectivity index (χ4n) is 4.19. The monoisotopic (exact) mass is 446 g/mol. The molecule has 1 N–H and O–H groups in total. The van der Waals surface area contributed by atoms with Gasteiger partial charge in [-0.05, 0) is 55.8 Å². The highest BCUT2D eigenvalue weighted by Crippen LogP contribution is 2.28. The molecule has 1 atom stereocenters. The summed E-state index contributed by atoms with van der Waals surface area (Å²) in [7, 11) is 0. The van der Waals surface area contributed by atoms with Crippen molar-refractivity contribution in [3.05, 3.63) is 126 Å². The number of hydrogen-bond acceptors (Lipinski definition) is 2. The molecule has 0 bridgehead atoms. The lowest BCUT2D eigenvalue weighted by molar-refractivity contribution is 0.0940. The van der Waals surface area contributed by atoms with Gasteiger partial charge < -0.3 is 9.88 Å². The molecule has 0 saturated heterocycles. The zero-order valence-electron chi connectivity index (χ0n) is 19.2. The maximum atomic E-state index is 13.6. The van der Waals surface area contributed by atoms with Crippen LogP contribution in [-0.2, 0) is 0 Å². The minimum Gasteiger partial charge on any atom is -0.345 e. The number of para-hydroxylation sites is 1. The molecular formula is C29H26N4O. The first-order chi connectivity index (χ1) is 16.6. The van der Waals surface area contributed by atoms with Crippen molar-refractivity contribution in [3.63, 3.8) is 0 Å². The minimum absolute atomic E-state index is 0.138.